The fourth-order valence-corrected chi connectivity index (χ4v) is 12.3. The summed E-state index contributed by atoms with van der Waals surface area (Å²) in [5.41, 5.74) is -0.563. The summed E-state index contributed by atoms with van der Waals surface area (Å²) in [4.78, 5) is 0. The van der Waals surface area contributed by atoms with Crippen molar-refractivity contribution in [2.75, 3.05) is 13.2 Å². The van der Waals surface area contributed by atoms with Crippen molar-refractivity contribution < 1.29 is 18.7 Å². The van der Waals surface area contributed by atoms with Gasteiger partial charge in [0.2, 0.25) is 0 Å². The molecule has 4 nitrogen and oxygen atoms in total. The summed E-state index contributed by atoms with van der Waals surface area (Å²) >= 11 is 0. The van der Waals surface area contributed by atoms with Gasteiger partial charge in [-0.2, -0.15) is 0 Å². The molecule has 0 aromatic heterocycles. The molecule has 1 unspecified atom stereocenters. The topological polar surface area (TPSA) is 47.9 Å². The van der Waals surface area contributed by atoms with Gasteiger partial charge in [0.25, 0.3) is 8.32 Å². The molecule has 2 aliphatic heterocycles. The maximum Gasteiger partial charge on any atom is 0.261 e. The van der Waals surface area contributed by atoms with Crippen LogP contribution in [0.3, 0.4) is 0 Å². The van der Waals surface area contributed by atoms with Gasteiger partial charge < -0.3 is 18.7 Å². The molecule has 2 bridgehead atoms. The molecule has 39 heavy (non-hydrogen) atoms. The van der Waals surface area contributed by atoms with Crippen LogP contribution in [0.5, 0.6) is 0 Å². The Balaban J connectivity index is 1.70. The lowest BCUT2D eigenvalue weighted by Gasteiger charge is -2.46. The summed E-state index contributed by atoms with van der Waals surface area (Å²) < 4.78 is 21.0. The summed E-state index contributed by atoms with van der Waals surface area (Å²) in [6, 6.07) is 21.5. The van der Waals surface area contributed by atoms with Crippen LogP contribution in [0.1, 0.15) is 54.4 Å². The van der Waals surface area contributed by atoms with Crippen LogP contribution in [0.4, 0.5) is 0 Å². The zero-order valence-corrected chi connectivity index (χ0v) is 27.4. The van der Waals surface area contributed by atoms with Gasteiger partial charge in [-0.3, -0.25) is 0 Å². The van der Waals surface area contributed by atoms with E-state index in [1.54, 1.807) is 6.08 Å². The molecule has 214 valence electrons. The molecule has 2 aromatic carbocycles. The van der Waals surface area contributed by atoms with Gasteiger partial charge in [-0.15, -0.1) is 6.58 Å². The lowest BCUT2D eigenvalue weighted by molar-refractivity contribution is -0.0653. The van der Waals surface area contributed by atoms with Crippen molar-refractivity contribution >= 4 is 27.0 Å². The van der Waals surface area contributed by atoms with E-state index in [1.807, 2.05) is 0 Å². The Labute approximate surface area is 239 Å². The summed E-state index contributed by atoms with van der Waals surface area (Å²) in [6.45, 7) is 23.3. The zero-order chi connectivity index (χ0) is 28.7. The van der Waals surface area contributed by atoms with E-state index in [2.05, 4.69) is 122 Å². The molecule has 5 atom stereocenters. The third-order valence-corrected chi connectivity index (χ3v) is 19.3. The van der Waals surface area contributed by atoms with E-state index in [4.69, 9.17) is 13.6 Å². The molecule has 2 fully saturated rings. The van der Waals surface area contributed by atoms with E-state index >= 15 is 0 Å². The third kappa shape index (κ3) is 5.53. The van der Waals surface area contributed by atoms with Crippen molar-refractivity contribution in [3.05, 3.63) is 73.3 Å². The van der Waals surface area contributed by atoms with E-state index in [0.717, 1.165) is 12.8 Å². The van der Waals surface area contributed by atoms with Crippen LogP contribution < -0.4 is 10.4 Å². The minimum absolute atomic E-state index is 0.0668. The average Bonchev–Trinajstić information content (AvgIpc) is 3.44. The number of aliphatic hydroxyl groups excluding tert-OH is 1. The largest absolute Gasteiger partial charge is 0.416 e. The lowest BCUT2D eigenvalue weighted by Crippen LogP contribution is -2.68. The molecule has 4 rings (SSSR count). The first-order valence-electron chi connectivity index (χ1n) is 14.6. The first-order chi connectivity index (χ1) is 18.2. The molecule has 6 heteroatoms. The molecular weight excluding hydrogens is 517 g/mol. The molecular formula is C33H50O4Si2. The fourth-order valence-electron chi connectivity index (χ4n) is 6.61. The van der Waals surface area contributed by atoms with Gasteiger partial charge in [-0.05, 0) is 46.4 Å². The van der Waals surface area contributed by atoms with Crippen LogP contribution in [0.15, 0.2) is 73.3 Å². The van der Waals surface area contributed by atoms with E-state index < -0.39 is 28.3 Å². The van der Waals surface area contributed by atoms with Crippen molar-refractivity contribution in [3.8, 4) is 0 Å². The molecule has 2 saturated heterocycles. The van der Waals surface area contributed by atoms with E-state index in [-0.39, 0.29) is 28.0 Å². The van der Waals surface area contributed by atoms with Crippen molar-refractivity contribution in [3.63, 3.8) is 0 Å². The summed E-state index contributed by atoms with van der Waals surface area (Å²) in [6.07, 6.45) is 2.92. The van der Waals surface area contributed by atoms with E-state index in [9.17, 15) is 5.11 Å². The smallest absolute Gasteiger partial charge is 0.261 e. The first kappa shape index (κ1) is 30.4. The molecule has 0 aliphatic carbocycles. The summed E-state index contributed by atoms with van der Waals surface area (Å²) in [5, 5.41) is 13.9. The quantitative estimate of drug-likeness (QED) is 0.271. The van der Waals surface area contributed by atoms with Gasteiger partial charge in [0, 0.05) is 18.4 Å². The van der Waals surface area contributed by atoms with Crippen LogP contribution in [0, 0.1) is 11.8 Å². The third-order valence-electron chi connectivity index (χ3n) is 9.79. The van der Waals surface area contributed by atoms with Crippen molar-refractivity contribution in [2.24, 2.45) is 11.8 Å². The Morgan fingerprint density at radius 2 is 1.49 bits per heavy atom. The molecule has 0 saturated carbocycles. The van der Waals surface area contributed by atoms with Crippen LogP contribution >= 0.6 is 0 Å². The van der Waals surface area contributed by atoms with Crippen molar-refractivity contribution in [2.45, 2.75) is 95.4 Å². The van der Waals surface area contributed by atoms with Crippen LogP contribution in [0.25, 0.3) is 0 Å². The highest BCUT2D eigenvalue weighted by molar-refractivity contribution is 6.99. The zero-order valence-electron chi connectivity index (χ0n) is 25.4. The predicted molar refractivity (Wildman–Crippen MR) is 167 cm³/mol. The molecule has 2 aliphatic rings. The Hall–Kier alpha value is -1.55. The molecule has 0 spiro atoms. The number of benzene rings is 2. The second-order valence-corrected chi connectivity index (χ2v) is 23.3. The average molecular weight is 567 g/mol. The van der Waals surface area contributed by atoms with Gasteiger partial charge >= 0.3 is 0 Å². The molecule has 0 amide bonds. The Kier molecular flexibility index (Phi) is 8.60. The van der Waals surface area contributed by atoms with Crippen LogP contribution in [-0.2, 0) is 13.6 Å². The Morgan fingerprint density at radius 1 is 0.949 bits per heavy atom. The Morgan fingerprint density at radius 3 is 1.95 bits per heavy atom. The van der Waals surface area contributed by atoms with Gasteiger partial charge in [0.1, 0.15) is 0 Å². The number of rotatable bonds is 10. The molecule has 2 aromatic rings. The van der Waals surface area contributed by atoms with Gasteiger partial charge in [-0.1, -0.05) is 108 Å². The van der Waals surface area contributed by atoms with E-state index in [1.165, 1.54) is 10.4 Å². The second kappa shape index (κ2) is 11.0. The van der Waals surface area contributed by atoms with Crippen molar-refractivity contribution in [1.29, 1.82) is 0 Å². The number of aliphatic hydroxyl groups is 1. The SMILES string of the molecule is C=CC(O)[C@H]1[C@@H](CO[Si](C)(C)C(C)(C)C)[C@@H]2CC[C@@]1(CO[Si](c1ccccc1)(c1ccccc1)C(C)(C)C)O2. The van der Waals surface area contributed by atoms with Crippen LogP contribution in [0.2, 0.25) is 23.2 Å². The summed E-state index contributed by atoms with van der Waals surface area (Å²) in [7, 11) is -4.69. The second-order valence-electron chi connectivity index (χ2n) is 14.2. The highest BCUT2D eigenvalue weighted by Gasteiger charge is 2.63. The Bertz CT molecular complexity index is 1070. The normalized spacial score (nSPS) is 26.5. The monoisotopic (exact) mass is 566 g/mol. The molecule has 2 heterocycles. The number of fused-ring (bicyclic) bond motifs is 2. The minimum Gasteiger partial charge on any atom is -0.416 e. The van der Waals surface area contributed by atoms with Crippen LogP contribution in [-0.4, -0.2) is 52.8 Å². The van der Waals surface area contributed by atoms with Gasteiger partial charge in [0.05, 0.1) is 24.4 Å². The highest BCUT2D eigenvalue weighted by Crippen LogP contribution is 2.54. The summed E-state index contributed by atoms with van der Waals surface area (Å²) in [5.74, 6) is 0.000336. The molecule has 1 N–H and O–H groups in total. The molecule has 0 radical (unpaired) electrons. The maximum absolute atomic E-state index is 11.3. The lowest BCUT2D eigenvalue weighted by atomic mass is 9.69. The standard InChI is InChI=1S/C33H50O4Si2/c1-10-28(34)30-27(23-35-38(8,9)31(2,3)4)29-21-22-33(30,37-29)24-36-39(32(5,6)7,25-17-13-11-14-18-25)26-19-15-12-16-20-26/h10-20,27-30,34H,1,21-24H2,2-9H3/t27-,28?,29-,30+,33-/m0/s1. The number of ether oxygens (including phenoxy) is 1. The van der Waals surface area contributed by atoms with Crippen molar-refractivity contribution in [1.82, 2.24) is 0 Å². The van der Waals surface area contributed by atoms with Gasteiger partial charge in [-0.25, -0.2) is 0 Å². The van der Waals surface area contributed by atoms with Gasteiger partial charge in [0.15, 0.2) is 8.32 Å². The number of hydrogen-bond acceptors (Lipinski definition) is 4. The minimum atomic E-state index is -2.74. The highest BCUT2D eigenvalue weighted by atomic mass is 28.4. The maximum atomic E-state index is 11.3. The fraction of sp³-hybridized carbons (Fsp3) is 0.576. The number of hydrogen-bond donors (Lipinski definition) is 1. The predicted octanol–water partition coefficient (Wildman–Crippen LogP) is 6.30. The van der Waals surface area contributed by atoms with E-state index in [0.29, 0.717) is 13.2 Å². The first-order valence-corrected chi connectivity index (χ1v) is 19.4.